The third kappa shape index (κ3) is 2.75. The maximum absolute atomic E-state index is 13.7. The van der Waals surface area contributed by atoms with Gasteiger partial charge in [-0.05, 0) is 25.8 Å². The Labute approximate surface area is 105 Å². The molecule has 0 aromatic carbocycles. The van der Waals surface area contributed by atoms with E-state index in [-0.39, 0.29) is 16.7 Å². The number of hydrogen-bond acceptors (Lipinski definition) is 3. The number of ketones is 1. The lowest BCUT2D eigenvalue weighted by atomic mass is 9.94. The molecule has 1 fully saturated rings. The standard InChI is InChI=1S/C12H14ClFN2O/c1-8(17)9-3-2-4-16(7-9)12-11(14)5-10(13)6-15-12/h5-6,9H,2-4,7H2,1H3. The number of pyridine rings is 1. The minimum Gasteiger partial charge on any atom is -0.353 e. The molecule has 1 aromatic rings. The summed E-state index contributed by atoms with van der Waals surface area (Å²) in [4.78, 5) is 17.2. The van der Waals surface area contributed by atoms with Crippen molar-refractivity contribution in [2.75, 3.05) is 18.0 Å². The zero-order chi connectivity index (χ0) is 12.4. The first-order valence-corrected chi connectivity index (χ1v) is 6.02. The molecule has 92 valence electrons. The molecule has 17 heavy (non-hydrogen) atoms. The summed E-state index contributed by atoms with van der Waals surface area (Å²) >= 11 is 5.66. The third-order valence-corrected chi connectivity index (χ3v) is 3.29. The zero-order valence-corrected chi connectivity index (χ0v) is 10.4. The van der Waals surface area contributed by atoms with Crippen molar-refractivity contribution in [2.45, 2.75) is 19.8 Å². The van der Waals surface area contributed by atoms with Crippen LogP contribution in [0.1, 0.15) is 19.8 Å². The van der Waals surface area contributed by atoms with Crippen LogP contribution in [0.25, 0.3) is 0 Å². The molecule has 0 spiro atoms. The van der Waals surface area contributed by atoms with Gasteiger partial charge in [0.15, 0.2) is 11.6 Å². The van der Waals surface area contributed by atoms with E-state index in [1.165, 1.54) is 12.3 Å². The molecule has 2 rings (SSSR count). The second-order valence-corrected chi connectivity index (χ2v) is 4.79. The van der Waals surface area contributed by atoms with Crippen LogP contribution in [0, 0.1) is 11.7 Å². The van der Waals surface area contributed by atoms with Gasteiger partial charge in [0.1, 0.15) is 5.78 Å². The maximum atomic E-state index is 13.7. The quantitative estimate of drug-likeness (QED) is 0.816. The molecule has 0 saturated carbocycles. The predicted molar refractivity (Wildman–Crippen MR) is 64.8 cm³/mol. The Morgan fingerprint density at radius 3 is 3.06 bits per heavy atom. The third-order valence-electron chi connectivity index (χ3n) is 3.08. The highest BCUT2D eigenvalue weighted by Gasteiger charge is 2.25. The molecule has 1 aliphatic rings. The van der Waals surface area contributed by atoms with Gasteiger partial charge < -0.3 is 4.90 Å². The lowest BCUT2D eigenvalue weighted by Crippen LogP contribution is -2.39. The summed E-state index contributed by atoms with van der Waals surface area (Å²) in [6.45, 7) is 2.86. The normalized spacial score (nSPS) is 20.4. The summed E-state index contributed by atoms with van der Waals surface area (Å²) in [6.07, 6.45) is 3.19. The fourth-order valence-electron chi connectivity index (χ4n) is 2.14. The van der Waals surface area contributed by atoms with E-state index in [9.17, 15) is 9.18 Å². The smallest absolute Gasteiger partial charge is 0.167 e. The van der Waals surface area contributed by atoms with Crippen LogP contribution in [-0.2, 0) is 4.79 Å². The van der Waals surface area contributed by atoms with Gasteiger partial charge in [-0.1, -0.05) is 11.6 Å². The number of rotatable bonds is 2. The van der Waals surface area contributed by atoms with Crippen molar-refractivity contribution in [3.63, 3.8) is 0 Å². The van der Waals surface area contributed by atoms with Crippen molar-refractivity contribution in [2.24, 2.45) is 5.92 Å². The van der Waals surface area contributed by atoms with Crippen molar-refractivity contribution < 1.29 is 9.18 Å². The second-order valence-electron chi connectivity index (χ2n) is 4.35. The maximum Gasteiger partial charge on any atom is 0.167 e. The molecule has 0 aliphatic carbocycles. The van der Waals surface area contributed by atoms with E-state index in [1.54, 1.807) is 6.92 Å². The Morgan fingerprint density at radius 1 is 1.65 bits per heavy atom. The van der Waals surface area contributed by atoms with Crippen molar-refractivity contribution in [1.29, 1.82) is 0 Å². The summed E-state index contributed by atoms with van der Waals surface area (Å²) < 4.78 is 13.7. The Hall–Kier alpha value is -1.16. The molecule has 1 saturated heterocycles. The molecule has 1 unspecified atom stereocenters. The van der Waals surface area contributed by atoms with E-state index in [2.05, 4.69) is 4.98 Å². The van der Waals surface area contributed by atoms with E-state index in [1.807, 2.05) is 4.90 Å². The summed E-state index contributed by atoms with van der Waals surface area (Å²) in [5, 5.41) is 0.284. The van der Waals surface area contributed by atoms with Gasteiger partial charge in [-0.25, -0.2) is 9.37 Å². The van der Waals surface area contributed by atoms with Gasteiger partial charge in [0.2, 0.25) is 0 Å². The molecule has 0 N–H and O–H groups in total. The van der Waals surface area contributed by atoms with Crippen LogP contribution in [0.2, 0.25) is 5.02 Å². The topological polar surface area (TPSA) is 33.2 Å². The minimum absolute atomic E-state index is 0.0133. The molecule has 5 heteroatoms. The highest BCUT2D eigenvalue weighted by Crippen LogP contribution is 2.25. The van der Waals surface area contributed by atoms with Crippen LogP contribution < -0.4 is 4.90 Å². The lowest BCUT2D eigenvalue weighted by molar-refractivity contribution is -0.120. The number of carbonyl (C=O) groups is 1. The monoisotopic (exact) mass is 256 g/mol. The Morgan fingerprint density at radius 2 is 2.41 bits per heavy atom. The average molecular weight is 257 g/mol. The average Bonchev–Trinajstić information content (AvgIpc) is 2.29. The first-order valence-electron chi connectivity index (χ1n) is 5.64. The first kappa shape index (κ1) is 12.3. The predicted octanol–water partition coefficient (Wildman–Crippen LogP) is 2.68. The van der Waals surface area contributed by atoms with Gasteiger partial charge in [-0.15, -0.1) is 0 Å². The van der Waals surface area contributed by atoms with Gasteiger partial charge in [0, 0.05) is 25.2 Å². The van der Waals surface area contributed by atoms with Gasteiger partial charge in [0.25, 0.3) is 0 Å². The van der Waals surface area contributed by atoms with Gasteiger partial charge >= 0.3 is 0 Å². The number of hydrogen-bond donors (Lipinski definition) is 0. The molecular formula is C12H14ClFN2O. The van der Waals surface area contributed by atoms with Crippen LogP contribution in [0.15, 0.2) is 12.3 Å². The van der Waals surface area contributed by atoms with Crippen LogP contribution >= 0.6 is 11.6 Å². The largest absolute Gasteiger partial charge is 0.353 e. The summed E-state index contributed by atoms with van der Waals surface area (Å²) in [6, 6.07) is 1.25. The van der Waals surface area contributed by atoms with E-state index < -0.39 is 5.82 Å². The fraction of sp³-hybridized carbons (Fsp3) is 0.500. The minimum atomic E-state index is -0.429. The molecule has 1 atom stereocenters. The zero-order valence-electron chi connectivity index (χ0n) is 9.62. The number of Topliss-reactive ketones (excluding diaryl/α,β-unsaturated/α-hetero) is 1. The Kier molecular flexibility index (Phi) is 3.62. The summed E-state index contributed by atoms with van der Waals surface area (Å²) in [7, 11) is 0. The first-order chi connectivity index (χ1) is 8.08. The van der Waals surface area contributed by atoms with Gasteiger partial charge in [-0.3, -0.25) is 4.79 Å². The molecule has 3 nitrogen and oxygen atoms in total. The number of halogens is 2. The van der Waals surface area contributed by atoms with Crippen molar-refractivity contribution in [3.05, 3.63) is 23.1 Å². The SMILES string of the molecule is CC(=O)C1CCCN(c2ncc(Cl)cc2F)C1. The number of aromatic nitrogens is 1. The van der Waals surface area contributed by atoms with E-state index in [0.29, 0.717) is 12.4 Å². The molecule has 0 amide bonds. The van der Waals surface area contributed by atoms with E-state index in [0.717, 1.165) is 19.4 Å². The van der Waals surface area contributed by atoms with E-state index >= 15 is 0 Å². The van der Waals surface area contributed by atoms with Crippen LogP contribution in [0.3, 0.4) is 0 Å². The molecule has 0 radical (unpaired) electrons. The molecule has 2 heterocycles. The van der Waals surface area contributed by atoms with Crippen molar-refractivity contribution in [3.8, 4) is 0 Å². The Bertz CT molecular complexity index is 439. The fourth-order valence-corrected chi connectivity index (χ4v) is 2.29. The highest BCUT2D eigenvalue weighted by atomic mass is 35.5. The highest BCUT2D eigenvalue weighted by molar-refractivity contribution is 6.30. The Balaban J connectivity index is 2.19. The number of piperidine rings is 1. The van der Waals surface area contributed by atoms with Crippen molar-refractivity contribution >= 4 is 23.2 Å². The second kappa shape index (κ2) is 5.00. The van der Waals surface area contributed by atoms with Crippen LogP contribution in [0.4, 0.5) is 10.2 Å². The van der Waals surface area contributed by atoms with Gasteiger partial charge in [-0.2, -0.15) is 0 Å². The van der Waals surface area contributed by atoms with Crippen molar-refractivity contribution in [1.82, 2.24) is 4.98 Å². The van der Waals surface area contributed by atoms with Crippen LogP contribution in [0.5, 0.6) is 0 Å². The van der Waals surface area contributed by atoms with Crippen LogP contribution in [-0.4, -0.2) is 23.9 Å². The molecule has 0 bridgehead atoms. The van der Waals surface area contributed by atoms with Gasteiger partial charge in [0.05, 0.1) is 5.02 Å². The number of anilines is 1. The lowest BCUT2D eigenvalue weighted by Gasteiger charge is -2.32. The molecular weight excluding hydrogens is 243 g/mol. The summed E-state index contributed by atoms with van der Waals surface area (Å²) in [5.41, 5.74) is 0. The summed E-state index contributed by atoms with van der Waals surface area (Å²) in [5.74, 6) is 0.00625. The number of carbonyl (C=O) groups excluding carboxylic acids is 1. The number of nitrogens with zero attached hydrogens (tertiary/aromatic N) is 2. The molecule has 1 aromatic heterocycles. The van der Waals surface area contributed by atoms with E-state index in [4.69, 9.17) is 11.6 Å². The molecule has 1 aliphatic heterocycles.